The second-order valence-electron chi connectivity index (χ2n) is 5.55. The highest BCUT2D eigenvalue weighted by Gasteiger charge is 2.49. The third-order valence-corrected chi connectivity index (χ3v) is 3.74. The van der Waals surface area contributed by atoms with Crippen molar-refractivity contribution in [3.63, 3.8) is 0 Å². The largest absolute Gasteiger partial charge is 0.467 e. The minimum absolute atomic E-state index is 0.0749. The number of nitrogens with one attached hydrogen (secondary N) is 1. The molecule has 1 aromatic rings. The number of aliphatic hydroxyl groups excluding tert-OH is 3. The van der Waals surface area contributed by atoms with Crippen LogP contribution in [0.5, 0.6) is 0 Å². The maximum Gasteiger partial charge on any atom is 0.414 e. The fraction of sp³-hybridized carbons (Fsp3) is 0.438. The number of carbonyl (C=O) groups is 3. The number of ether oxygens (including phenoxy) is 4. The van der Waals surface area contributed by atoms with Crippen LogP contribution in [0.1, 0.15) is 5.56 Å². The molecule has 11 heteroatoms. The normalized spacial score (nSPS) is 27.3. The predicted octanol–water partition coefficient (Wildman–Crippen LogP) is -1.11. The number of rotatable bonds is 6. The molecule has 148 valence electrons. The van der Waals surface area contributed by atoms with Crippen molar-refractivity contribution < 1.29 is 48.7 Å². The summed E-state index contributed by atoms with van der Waals surface area (Å²) in [6, 6.07) is 6.22. The zero-order valence-corrected chi connectivity index (χ0v) is 14.2. The van der Waals surface area contributed by atoms with Crippen molar-refractivity contribution >= 4 is 24.2 Å². The highest BCUT2D eigenvalue weighted by Crippen LogP contribution is 2.23. The van der Waals surface area contributed by atoms with Gasteiger partial charge >= 0.3 is 12.1 Å². The van der Waals surface area contributed by atoms with Crippen molar-refractivity contribution in [3.05, 3.63) is 29.8 Å². The highest BCUT2D eigenvalue weighted by molar-refractivity contribution is 5.84. The number of amides is 1. The van der Waals surface area contributed by atoms with Gasteiger partial charge in [0.2, 0.25) is 6.29 Å². The Bertz CT molecular complexity index is 664. The van der Waals surface area contributed by atoms with Gasteiger partial charge in [-0.3, -0.25) is 10.1 Å². The second-order valence-corrected chi connectivity index (χ2v) is 5.55. The Balaban J connectivity index is 1.97. The molecule has 0 spiro atoms. The molecule has 1 aliphatic heterocycles. The first-order valence-corrected chi connectivity index (χ1v) is 7.76. The Kier molecular flexibility index (Phi) is 7.07. The summed E-state index contributed by atoms with van der Waals surface area (Å²) in [6.45, 7) is 0.386. The van der Waals surface area contributed by atoms with Crippen molar-refractivity contribution in [3.8, 4) is 0 Å². The third-order valence-electron chi connectivity index (χ3n) is 3.74. The minimum Gasteiger partial charge on any atom is -0.467 e. The van der Waals surface area contributed by atoms with Crippen LogP contribution in [0.3, 0.4) is 0 Å². The molecule has 2 rings (SSSR count). The second kappa shape index (κ2) is 9.28. The van der Waals surface area contributed by atoms with Crippen LogP contribution in [0, 0.1) is 0 Å². The first-order valence-electron chi connectivity index (χ1n) is 7.76. The average molecular weight is 385 g/mol. The first-order chi connectivity index (χ1) is 12.9. The number of hydrogen-bond donors (Lipinski definition) is 4. The van der Waals surface area contributed by atoms with Gasteiger partial charge in [-0.2, -0.15) is 0 Å². The van der Waals surface area contributed by atoms with E-state index in [0.717, 1.165) is 7.11 Å². The Morgan fingerprint density at radius 1 is 1.15 bits per heavy atom. The number of esters is 1. The Morgan fingerprint density at radius 3 is 2.41 bits per heavy atom. The monoisotopic (exact) mass is 385 g/mol. The van der Waals surface area contributed by atoms with E-state index in [9.17, 15) is 29.7 Å². The summed E-state index contributed by atoms with van der Waals surface area (Å²) in [6.07, 6.45) is -9.72. The average Bonchev–Trinajstić information content (AvgIpc) is 2.67. The molecule has 27 heavy (non-hydrogen) atoms. The summed E-state index contributed by atoms with van der Waals surface area (Å²) in [5.74, 6) is -1.00. The van der Waals surface area contributed by atoms with E-state index >= 15 is 0 Å². The topological polar surface area (TPSA) is 161 Å². The van der Waals surface area contributed by atoms with Crippen LogP contribution in [0.2, 0.25) is 0 Å². The maximum absolute atomic E-state index is 12.0. The van der Waals surface area contributed by atoms with E-state index in [4.69, 9.17) is 9.47 Å². The zero-order valence-electron chi connectivity index (χ0n) is 14.2. The molecule has 5 atom stereocenters. The molecule has 1 heterocycles. The summed E-state index contributed by atoms with van der Waals surface area (Å²) < 4.78 is 18.9. The quantitative estimate of drug-likeness (QED) is 0.268. The Hall–Kier alpha value is -2.73. The Morgan fingerprint density at radius 2 is 1.81 bits per heavy atom. The van der Waals surface area contributed by atoms with Crippen molar-refractivity contribution in [1.29, 1.82) is 0 Å². The van der Waals surface area contributed by atoms with E-state index in [1.165, 1.54) is 12.1 Å². The first kappa shape index (κ1) is 20.6. The molecule has 0 aliphatic carbocycles. The Labute approximate surface area is 153 Å². The number of methoxy groups -OCH3 is 1. The molecule has 0 radical (unpaired) electrons. The molecule has 11 nitrogen and oxygen atoms in total. The van der Waals surface area contributed by atoms with E-state index in [-0.39, 0.29) is 6.61 Å². The number of carbonyl (C=O) groups excluding carboxylic acids is 3. The molecule has 1 aliphatic rings. The van der Waals surface area contributed by atoms with Crippen LogP contribution in [0.4, 0.5) is 10.5 Å². The third kappa shape index (κ3) is 5.14. The van der Waals surface area contributed by atoms with Gasteiger partial charge in [0.05, 0.1) is 7.11 Å². The van der Waals surface area contributed by atoms with E-state index in [2.05, 4.69) is 14.8 Å². The number of aliphatic hydroxyl groups is 3. The molecular formula is C16H19NO10. The van der Waals surface area contributed by atoms with E-state index in [1.54, 1.807) is 12.1 Å². The van der Waals surface area contributed by atoms with Crippen molar-refractivity contribution in [2.75, 3.05) is 12.4 Å². The van der Waals surface area contributed by atoms with E-state index in [0.29, 0.717) is 17.7 Å². The van der Waals surface area contributed by atoms with Gasteiger partial charge in [0.1, 0.15) is 24.9 Å². The van der Waals surface area contributed by atoms with Gasteiger partial charge in [0.25, 0.3) is 6.47 Å². The standard InChI is InChI=1S/C16H19NO10/c1-24-14(22)13-11(20)10(19)12(21)15(26-13)27-16(23)17-9-4-2-8(3-5-9)6-25-7-18/h2-5,7,10-13,15,19-21H,6H2,1H3,(H,17,23)/t10-,11-,12+,13-,15-/m0/s1. The number of benzene rings is 1. The van der Waals surface area contributed by atoms with Gasteiger partial charge < -0.3 is 34.3 Å². The van der Waals surface area contributed by atoms with Crippen LogP contribution in [-0.2, 0) is 35.1 Å². The molecule has 0 aromatic heterocycles. The SMILES string of the molecule is COC(=O)[C@H]1O[C@@H](OC(=O)Nc2ccc(COC=O)cc2)[C@H](O)[C@@H](O)[C@@H]1O. The number of anilines is 1. The summed E-state index contributed by atoms with van der Waals surface area (Å²) in [5, 5.41) is 31.8. The van der Waals surface area contributed by atoms with Gasteiger partial charge in [-0.25, -0.2) is 9.59 Å². The number of hydrogen-bond acceptors (Lipinski definition) is 10. The van der Waals surface area contributed by atoms with E-state index < -0.39 is 42.8 Å². The predicted molar refractivity (Wildman–Crippen MR) is 86.1 cm³/mol. The maximum atomic E-state index is 12.0. The molecule has 1 amide bonds. The molecule has 1 aromatic carbocycles. The smallest absolute Gasteiger partial charge is 0.414 e. The molecular weight excluding hydrogens is 366 g/mol. The lowest BCUT2D eigenvalue weighted by atomic mass is 9.99. The van der Waals surface area contributed by atoms with Crippen LogP contribution in [-0.4, -0.2) is 71.7 Å². The van der Waals surface area contributed by atoms with Gasteiger partial charge in [0.15, 0.2) is 6.10 Å². The van der Waals surface area contributed by atoms with Gasteiger partial charge in [-0.1, -0.05) is 12.1 Å². The summed E-state index contributed by atoms with van der Waals surface area (Å²) in [7, 11) is 1.04. The minimum atomic E-state index is -1.79. The summed E-state index contributed by atoms with van der Waals surface area (Å²) in [5.41, 5.74) is 1.01. The molecule has 0 unspecified atom stereocenters. The molecule has 1 fully saturated rings. The van der Waals surface area contributed by atoms with E-state index in [1.807, 2.05) is 0 Å². The lowest BCUT2D eigenvalue weighted by Gasteiger charge is -2.38. The van der Waals surface area contributed by atoms with Gasteiger partial charge in [0, 0.05) is 5.69 Å². The highest BCUT2D eigenvalue weighted by atomic mass is 16.7. The van der Waals surface area contributed by atoms with Crippen LogP contribution in [0.15, 0.2) is 24.3 Å². The summed E-state index contributed by atoms with van der Waals surface area (Å²) >= 11 is 0. The summed E-state index contributed by atoms with van der Waals surface area (Å²) in [4.78, 5) is 33.7. The van der Waals surface area contributed by atoms with Crippen molar-refractivity contribution in [2.45, 2.75) is 37.3 Å². The van der Waals surface area contributed by atoms with Crippen LogP contribution >= 0.6 is 0 Å². The molecule has 0 saturated carbocycles. The lowest BCUT2D eigenvalue weighted by Crippen LogP contribution is -2.61. The van der Waals surface area contributed by atoms with Crippen molar-refractivity contribution in [2.24, 2.45) is 0 Å². The van der Waals surface area contributed by atoms with Crippen molar-refractivity contribution in [1.82, 2.24) is 0 Å². The van der Waals surface area contributed by atoms with Crippen LogP contribution in [0.25, 0.3) is 0 Å². The van der Waals surface area contributed by atoms with Gasteiger partial charge in [-0.15, -0.1) is 0 Å². The zero-order chi connectivity index (χ0) is 20.0. The molecule has 1 saturated heterocycles. The lowest BCUT2D eigenvalue weighted by molar-refractivity contribution is -0.278. The molecule has 4 N–H and O–H groups in total. The van der Waals surface area contributed by atoms with Gasteiger partial charge in [-0.05, 0) is 17.7 Å². The van der Waals surface area contributed by atoms with Crippen LogP contribution < -0.4 is 5.32 Å². The molecule has 0 bridgehead atoms. The fourth-order valence-electron chi connectivity index (χ4n) is 2.32. The fourth-order valence-corrected chi connectivity index (χ4v) is 2.32.